The number of aliphatic hydroxyl groups excluding tert-OH is 1. The number of carbonyl (C=O) groups excluding carboxylic acids is 1. The van der Waals surface area contributed by atoms with Crippen LogP contribution in [0.25, 0.3) is 0 Å². The van der Waals surface area contributed by atoms with E-state index in [1.165, 1.54) is 25.7 Å². The van der Waals surface area contributed by atoms with Crippen molar-refractivity contribution in [3.8, 4) is 0 Å². The van der Waals surface area contributed by atoms with Gasteiger partial charge in [0.05, 0.1) is 13.2 Å². The van der Waals surface area contributed by atoms with E-state index in [0.717, 1.165) is 17.8 Å². The summed E-state index contributed by atoms with van der Waals surface area (Å²) in [6.07, 6.45) is 4.05. The standard InChI is InChI=1S/C20H30O4/c1-11(2)19(21)23-9-13-5-16-14-7-15(10-24-20(22)12(3)4)17(8-14)18(16)6-13/h13-19,21H,1,3,5-10H2,2,4H3. The van der Waals surface area contributed by atoms with E-state index >= 15 is 0 Å². The van der Waals surface area contributed by atoms with E-state index in [4.69, 9.17) is 9.47 Å². The quantitative estimate of drug-likeness (QED) is 0.336. The van der Waals surface area contributed by atoms with E-state index in [1.54, 1.807) is 13.8 Å². The van der Waals surface area contributed by atoms with Gasteiger partial charge in [0.1, 0.15) is 0 Å². The zero-order valence-electron chi connectivity index (χ0n) is 14.9. The first-order valence-electron chi connectivity index (χ1n) is 9.14. The monoisotopic (exact) mass is 334 g/mol. The van der Waals surface area contributed by atoms with Crippen LogP contribution < -0.4 is 0 Å². The van der Waals surface area contributed by atoms with Crippen molar-refractivity contribution in [3.05, 3.63) is 24.3 Å². The van der Waals surface area contributed by atoms with Crippen molar-refractivity contribution in [3.63, 3.8) is 0 Å². The number of fused-ring (bicyclic) bond motifs is 5. The summed E-state index contributed by atoms with van der Waals surface area (Å²) in [5, 5.41) is 9.74. The van der Waals surface area contributed by atoms with Crippen molar-refractivity contribution < 1.29 is 19.4 Å². The van der Waals surface area contributed by atoms with Crippen LogP contribution >= 0.6 is 0 Å². The highest BCUT2D eigenvalue weighted by atomic mass is 16.6. The second kappa shape index (κ2) is 7.01. The summed E-state index contributed by atoms with van der Waals surface area (Å²) in [6, 6.07) is 0. The van der Waals surface area contributed by atoms with E-state index in [0.29, 0.717) is 42.1 Å². The Hall–Kier alpha value is -1.13. The Morgan fingerprint density at radius 3 is 2.46 bits per heavy atom. The predicted molar refractivity (Wildman–Crippen MR) is 92.0 cm³/mol. The number of hydrogen-bond donors (Lipinski definition) is 1. The second-order valence-electron chi connectivity index (χ2n) is 8.23. The molecule has 3 saturated carbocycles. The molecule has 3 rings (SSSR count). The molecule has 134 valence electrons. The normalized spacial score (nSPS) is 38.0. The minimum absolute atomic E-state index is 0.263. The molecule has 0 amide bonds. The molecule has 3 aliphatic rings. The molecular weight excluding hydrogens is 304 g/mol. The summed E-state index contributed by atoms with van der Waals surface area (Å²) < 4.78 is 11.0. The lowest BCUT2D eigenvalue weighted by Gasteiger charge is -2.31. The topological polar surface area (TPSA) is 55.8 Å². The van der Waals surface area contributed by atoms with E-state index in [2.05, 4.69) is 13.2 Å². The first-order chi connectivity index (χ1) is 11.4. The Morgan fingerprint density at radius 2 is 1.79 bits per heavy atom. The van der Waals surface area contributed by atoms with Crippen molar-refractivity contribution in [2.45, 2.75) is 45.8 Å². The van der Waals surface area contributed by atoms with Crippen LogP contribution in [0.3, 0.4) is 0 Å². The van der Waals surface area contributed by atoms with Crippen molar-refractivity contribution in [1.82, 2.24) is 0 Å². The van der Waals surface area contributed by atoms with Crippen molar-refractivity contribution in [1.29, 1.82) is 0 Å². The lowest BCUT2D eigenvalue weighted by molar-refractivity contribution is -0.141. The van der Waals surface area contributed by atoms with Gasteiger partial charge in [-0.25, -0.2) is 4.79 Å². The molecule has 2 bridgehead atoms. The molecule has 4 heteroatoms. The third-order valence-corrected chi connectivity index (χ3v) is 6.39. The zero-order valence-corrected chi connectivity index (χ0v) is 14.9. The Kier molecular flexibility index (Phi) is 5.16. The molecule has 4 nitrogen and oxygen atoms in total. The third-order valence-electron chi connectivity index (χ3n) is 6.39. The van der Waals surface area contributed by atoms with Gasteiger partial charge in [-0.15, -0.1) is 0 Å². The maximum atomic E-state index is 11.6. The molecule has 1 N–H and O–H groups in total. The van der Waals surface area contributed by atoms with Crippen molar-refractivity contribution in [2.24, 2.45) is 35.5 Å². The van der Waals surface area contributed by atoms with Crippen LogP contribution in [0.4, 0.5) is 0 Å². The van der Waals surface area contributed by atoms with E-state index < -0.39 is 6.29 Å². The Bertz CT molecular complexity index is 526. The van der Waals surface area contributed by atoms with Crippen molar-refractivity contribution >= 4 is 5.97 Å². The molecule has 0 saturated heterocycles. The highest BCUT2D eigenvalue weighted by molar-refractivity contribution is 5.86. The molecular formula is C20H30O4. The van der Waals surface area contributed by atoms with Crippen LogP contribution in [-0.4, -0.2) is 30.6 Å². The smallest absolute Gasteiger partial charge is 0.333 e. The second-order valence-corrected chi connectivity index (χ2v) is 8.23. The van der Waals surface area contributed by atoms with Gasteiger partial charge in [0.2, 0.25) is 0 Å². The summed E-state index contributed by atoms with van der Waals surface area (Å²) in [4.78, 5) is 11.6. The number of esters is 1. The molecule has 7 unspecified atom stereocenters. The summed E-state index contributed by atoms with van der Waals surface area (Å²) >= 11 is 0. The lowest BCUT2D eigenvalue weighted by Crippen LogP contribution is -2.28. The van der Waals surface area contributed by atoms with Crippen LogP contribution in [0.1, 0.15) is 39.5 Å². The van der Waals surface area contributed by atoms with E-state index in [9.17, 15) is 9.90 Å². The first kappa shape index (κ1) is 17.7. The Balaban J connectivity index is 1.49. The largest absolute Gasteiger partial charge is 0.462 e. The van der Waals surface area contributed by atoms with Crippen LogP contribution in [-0.2, 0) is 14.3 Å². The SMILES string of the molecule is C=C(C)C(=O)OCC1CC2CC1C1CC(COC(O)C(=C)C)CC21. The van der Waals surface area contributed by atoms with Gasteiger partial charge >= 0.3 is 5.97 Å². The van der Waals surface area contributed by atoms with E-state index in [-0.39, 0.29) is 5.97 Å². The molecule has 0 aromatic heterocycles. The fraction of sp³-hybridized carbons (Fsp3) is 0.750. The van der Waals surface area contributed by atoms with Gasteiger partial charge < -0.3 is 14.6 Å². The highest BCUT2D eigenvalue weighted by Crippen LogP contribution is 2.62. The average Bonchev–Trinajstić information content (AvgIpc) is 3.20. The Morgan fingerprint density at radius 1 is 1.08 bits per heavy atom. The number of carbonyl (C=O) groups is 1. The van der Waals surface area contributed by atoms with Gasteiger partial charge in [0, 0.05) is 5.57 Å². The summed E-state index contributed by atoms with van der Waals surface area (Å²) in [6.45, 7) is 12.0. The highest BCUT2D eigenvalue weighted by Gasteiger charge is 2.55. The summed E-state index contributed by atoms with van der Waals surface area (Å²) in [7, 11) is 0. The number of aliphatic hydroxyl groups is 1. The van der Waals surface area contributed by atoms with Gasteiger partial charge in [0.15, 0.2) is 6.29 Å². The third kappa shape index (κ3) is 3.45. The van der Waals surface area contributed by atoms with Crippen LogP contribution in [0.5, 0.6) is 0 Å². The van der Waals surface area contributed by atoms with Crippen LogP contribution in [0.2, 0.25) is 0 Å². The van der Waals surface area contributed by atoms with Crippen molar-refractivity contribution in [2.75, 3.05) is 13.2 Å². The molecule has 3 aliphatic carbocycles. The van der Waals surface area contributed by atoms with Crippen LogP contribution in [0.15, 0.2) is 24.3 Å². The minimum Gasteiger partial charge on any atom is -0.462 e. The summed E-state index contributed by atoms with van der Waals surface area (Å²) in [5.41, 5.74) is 1.14. The van der Waals surface area contributed by atoms with Gasteiger partial charge in [-0.3, -0.25) is 0 Å². The molecule has 7 atom stereocenters. The zero-order chi connectivity index (χ0) is 17.4. The molecule has 0 aliphatic heterocycles. The molecule has 24 heavy (non-hydrogen) atoms. The molecule has 0 aromatic carbocycles. The minimum atomic E-state index is -0.837. The van der Waals surface area contributed by atoms with Gasteiger partial charge in [0.25, 0.3) is 0 Å². The maximum Gasteiger partial charge on any atom is 0.333 e. The molecule has 0 heterocycles. The number of rotatable bonds is 7. The molecule has 0 spiro atoms. The van der Waals surface area contributed by atoms with E-state index in [1.807, 2.05) is 0 Å². The summed E-state index contributed by atoms with van der Waals surface area (Å²) in [5.74, 6) is 3.81. The Labute approximate surface area is 144 Å². The van der Waals surface area contributed by atoms with Crippen LogP contribution in [0, 0.1) is 35.5 Å². The fourth-order valence-corrected chi connectivity index (χ4v) is 5.33. The molecule has 3 fully saturated rings. The molecule has 0 radical (unpaired) electrons. The van der Waals surface area contributed by atoms with Gasteiger partial charge in [-0.05, 0) is 80.6 Å². The average molecular weight is 334 g/mol. The lowest BCUT2D eigenvalue weighted by atomic mass is 9.76. The predicted octanol–water partition coefficient (Wildman–Crippen LogP) is 3.32. The first-order valence-corrected chi connectivity index (χ1v) is 9.14. The van der Waals surface area contributed by atoms with Gasteiger partial charge in [-0.1, -0.05) is 13.2 Å². The number of hydrogen-bond acceptors (Lipinski definition) is 4. The maximum absolute atomic E-state index is 11.6. The molecule has 0 aromatic rings. The fourth-order valence-electron chi connectivity index (χ4n) is 5.33. The number of ether oxygens (including phenoxy) is 2. The van der Waals surface area contributed by atoms with Gasteiger partial charge in [-0.2, -0.15) is 0 Å².